The van der Waals surface area contributed by atoms with Crippen LogP contribution in [0.2, 0.25) is 0 Å². The maximum atomic E-state index is 12.0. The van der Waals surface area contributed by atoms with E-state index in [9.17, 15) is 4.79 Å². The van der Waals surface area contributed by atoms with Gasteiger partial charge in [0.15, 0.2) is 0 Å². The summed E-state index contributed by atoms with van der Waals surface area (Å²) < 4.78 is 0. The molecule has 3 N–H and O–H groups in total. The summed E-state index contributed by atoms with van der Waals surface area (Å²) in [5, 5.41) is 3.02. The van der Waals surface area contributed by atoms with Gasteiger partial charge in [-0.3, -0.25) is 4.79 Å². The van der Waals surface area contributed by atoms with Crippen LogP contribution < -0.4 is 11.1 Å². The van der Waals surface area contributed by atoms with Crippen LogP contribution in [-0.2, 0) is 4.79 Å². The summed E-state index contributed by atoms with van der Waals surface area (Å²) in [7, 11) is 0. The minimum absolute atomic E-state index is 0.0527. The van der Waals surface area contributed by atoms with Gasteiger partial charge >= 0.3 is 0 Å². The lowest BCUT2D eigenvalue weighted by molar-refractivity contribution is -0.123. The molecule has 0 aliphatic carbocycles. The third-order valence-electron chi connectivity index (χ3n) is 2.99. The molecule has 0 spiro atoms. The van der Waals surface area contributed by atoms with Gasteiger partial charge in [-0.05, 0) is 24.3 Å². The molecule has 0 aliphatic heterocycles. The predicted octanol–water partition coefficient (Wildman–Crippen LogP) is 2.63. The Morgan fingerprint density at radius 2 is 1.89 bits per heavy atom. The molecule has 0 saturated heterocycles. The quantitative estimate of drug-likeness (QED) is 0.813. The van der Waals surface area contributed by atoms with Crippen molar-refractivity contribution in [1.82, 2.24) is 5.32 Å². The topological polar surface area (TPSA) is 55.1 Å². The van der Waals surface area contributed by atoms with Gasteiger partial charge in [0, 0.05) is 0 Å². The van der Waals surface area contributed by atoms with Crippen LogP contribution in [0.3, 0.4) is 0 Å². The largest absolute Gasteiger partial charge is 0.348 e. The van der Waals surface area contributed by atoms with Crippen LogP contribution in [0.1, 0.15) is 45.2 Å². The Labute approximate surface area is 110 Å². The highest BCUT2D eigenvalue weighted by atomic mass is 16.2. The Kier molecular flexibility index (Phi) is 5.86. The minimum atomic E-state index is -0.414. The van der Waals surface area contributed by atoms with Gasteiger partial charge in [-0.25, -0.2) is 0 Å². The first-order chi connectivity index (χ1) is 8.54. The molecule has 18 heavy (non-hydrogen) atoms. The van der Waals surface area contributed by atoms with Gasteiger partial charge in [0.05, 0.1) is 12.1 Å². The third kappa shape index (κ3) is 4.49. The average Bonchev–Trinajstić information content (AvgIpc) is 2.35. The Morgan fingerprint density at radius 3 is 2.39 bits per heavy atom. The zero-order valence-corrected chi connectivity index (χ0v) is 11.5. The second-order valence-electron chi connectivity index (χ2n) is 5.12. The molecule has 0 fully saturated rings. The van der Waals surface area contributed by atoms with E-state index >= 15 is 0 Å². The van der Waals surface area contributed by atoms with Crippen molar-refractivity contribution in [3.8, 4) is 0 Å². The number of hydrogen-bond donors (Lipinski definition) is 2. The number of amides is 1. The first kappa shape index (κ1) is 14.7. The van der Waals surface area contributed by atoms with E-state index in [1.165, 1.54) is 0 Å². The normalized spacial score (nSPS) is 14.3. The summed E-state index contributed by atoms with van der Waals surface area (Å²) in [5.74, 6) is 0.377. The van der Waals surface area contributed by atoms with Gasteiger partial charge in [-0.1, -0.05) is 51.1 Å². The number of nitrogens with two attached hydrogens (primary N) is 1. The summed E-state index contributed by atoms with van der Waals surface area (Å²) in [5.41, 5.74) is 7.02. The molecule has 0 bridgehead atoms. The van der Waals surface area contributed by atoms with Crippen LogP contribution in [0, 0.1) is 5.92 Å². The van der Waals surface area contributed by atoms with E-state index in [4.69, 9.17) is 5.73 Å². The second-order valence-corrected chi connectivity index (χ2v) is 5.12. The van der Waals surface area contributed by atoms with Crippen molar-refractivity contribution >= 4 is 5.91 Å². The molecule has 3 nitrogen and oxygen atoms in total. The Balaban J connectivity index is 2.61. The highest BCUT2D eigenvalue weighted by Gasteiger charge is 2.18. The van der Waals surface area contributed by atoms with Crippen LogP contribution >= 0.6 is 0 Å². The zero-order chi connectivity index (χ0) is 13.5. The molecular formula is C15H24N2O. The van der Waals surface area contributed by atoms with Crippen molar-refractivity contribution in [2.24, 2.45) is 11.7 Å². The Bertz CT molecular complexity index is 362. The smallest absolute Gasteiger partial charge is 0.237 e. The fraction of sp³-hybridized carbons (Fsp3) is 0.533. The molecular weight excluding hydrogens is 224 g/mol. The SMILES string of the molecule is CC[C@@H](NC(=O)[C@H](N)CC(C)C)c1ccccc1. The summed E-state index contributed by atoms with van der Waals surface area (Å²) in [6.45, 7) is 6.20. The Hall–Kier alpha value is -1.35. The van der Waals surface area contributed by atoms with Crippen molar-refractivity contribution in [2.45, 2.75) is 45.7 Å². The average molecular weight is 248 g/mol. The van der Waals surface area contributed by atoms with Crippen molar-refractivity contribution < 1.29 is 4.79 Å². The van der Waals surface area contributed by atoms with Crippen LogP contribution in [0.15, 0.2) is 30.3 Å². The van der Waals surface area contributed by atoms with Crippen molar-refractivity contribution in [1.29, 1.82) is 0 Å². The summed E-state index contributed by atoms with van der Waals surface area (Å²) in [4.78, 5) is 12.0. The van der Waals surface area contributed by atoms with Crippen LogP contribution in [0.4, 0.5) is 0 Å². The van der Waals surface area contributed by atoms with E-state index < -0.39 is 6.04 Å². The lowest BCUT2D eigenvalue weighted by Crippen LogP contribution is -2.42. The fourth-order valence-corrected chi connectivity index (χ4v) is 2.00. The van der Waals surface area contributed by atoms with Gasteiger partial charge < -0.3 is 11.1 Å². The van der Waals surface area contributed by atoms with E-state index in [0.717, 1.165) is 18.4 Å². The van der Waals surface area contributed by atoms with Crippen LogP contribution in [0.25, 0.3) is 0 Å². The minimum Gasteiger partial charge on any atom is -0.348 e. The van der Waals surface area contributed by atoms with Crippen molar-refractivity contribution in [2.75, 3.05) is 0 Å². The predicted molar refractivity (Wildman–Crippen MR) is 75.0 cm³/mol. The first-order valence-corrected chi connectivity index (χ1v) is 6.65. The number of hydrogen-bond acceptors (Lipinski definition) is 2. The molecule has 1 aromatic carbocycles. The fourth-order valence-electron chi connectivity index (χ4n) is 2.00. The van der Waals surface area contributed by atoms with Gasteiger partial charge in [0.2, 0.25) is 5.91 Å². The molecule has 0 unspecified atom stereocenters. The maximum absolute atomic E-state index is 12.0. The monoisotopic (exact) mass is 248 g/mol. The molecule has 1 aromatic rings. The highest BCUT2D eigenvalue weighted by molar-refractivity contribution is 5.81. The summed E-state index contributed by atoms with van der Waals surface area (Å²) >= 11 is 0. The molecule has 0 aliphatic rings. The van der Waals surface area contributed by atoms with E-state index in [-0.39, 0.29) is 11.9 Å². The number of carbonyl (C=O) groups is 1. The lowest BCUT2D eigenvalue weighted by atomic mass is 10.0. The van der Waals surface area contributed by atoms with Gasteiger partial charge in [-0.2, -0.15) is 0 Å². The van der Waals surface area contributed by atoms with Gasteiger partial charge in [0.1, 0.15) is 0 Å². The molecule has 0 aromatic heterocycles. The van der Waals surface area contributed by atoms with E-state index in [2.05, 4.69) is 26.1 Å². The number of carbonyl (C=O) groups excluding carboxylic acids is 1. The zero-order valence-electron chi connectivity index (χ0n) is 11.5. The maximum Gasteiger partial charge on any atom is 0.237 e. The van der Waals surface area contributed by atoms with Crippen molar-refractivity contribution in [3.05, 3.63) is 35.9 Å². The molecule has 0 radical (unpaired) electrons. The second kappa shape index (κ2) is 7.17. The Morgan fingerprint density at radius 1 is 1.28 bits per heavy atom. The number of rotatable bonds is 6. The van der Waals surface area contributed by atoms with E-state index in [1.54, 1.807) is 0 Å². The summed E-state index contributed by atoms with van der Waals surface area (Å²) in [6, 6.07) is 9.64. The van der Waals surface area contributed by atoms with Crippen LogP contribution in [-0.4, -0.2) is 11.9 Å². The van der Waals surface area contributed by atoms with E-state index in [1.807, 2.05) is 30.3 Å². The molecule has 1 amide bonds. The molecule has 100 valence electrons. The van der Waals surface area contributed by atoms with Crippen molar-refractivity contribution in [3.63, 3.8) is 0 Å². The molecule has 3 heteroatoms. The van der Waals surface area contributed by atoms with Gasteiger partial charge in [-0.15, -0.1) is 0 Å². The lowest BCUT2D eigenvalue weighted by Gasteiger charge is -2.21. The molecule has 2 atom stereocenters. The summed E-state index contributed by atoms with van der Waals surface area (Å²) in [6.07, 6.45) is 1.58. The number of benzene rings is 1. The van der Waals surface area contributed by atoms with Gasteiger partial charge in [0.25, 0.3) is 0 Å². The molecule has 1 rings (SSSR count). The third-order valence-corrected chi connectivity index (χ3v) is 2.99. The first-order valence-electron chi connectivity index (χ1n) is 6.65. The number of nitrogens with one attached hydrogen (secondary N) is 1. The van der Waals surface area contributed by atoms with E-state index in [0.29, 0.717) is 5.92 Å². The van der Waals surface area contributed by atoms with Crippen LogP contribution in [0.5, 0.6) is 0 Å². The standard InChI is InChI=1S/C15H24N2O/c1-4-14(12-8-6-5-7-9-12)17-15(18)13(16)10-11(2)3/h5-9,11,13-14H,4,10,16H2,1-3H3,(H,17,18)/t13-,14-/m1/s1. The molecule has 0 heterocycles. The highest BCUT2D eigenvalue weighted by Crippen LogP contribution is 2.16. The molecule has 0 saturated carbocycles.